The molecule has 0 aliphatic heterocycles. The molecule has 90 valence electrons. The van der Waals surface area contributed by atoms with Crippen molar-refractivity contribution in [3.05, 3.63) is 35.5 Å². The Bertz CT molecular complexity index is 528. The molecule has 1 aromatic carbocycles. The van der Waals surface area contributed by atoms with Gasteiger partial charge in [0.2, 0.25) is 5.89 Å². The van der Waals surface area contributed by atoms with E-state index in [0.29, 0.717) is 21.6 Å². The molecule has 17 heavy (non-hydrogen) atoms. The van der Waals surface area contributed by atoms with Gasteiger partial charge in [-0.3, -0.25) is 0 Å². The summed E-state index contributed by atoms with van der Waals surface area (Å²) < 4.78 is 18.3. The number of aromatic nitrogens is 2. The molecule has 4 nitrogen and oxygen atoms in total. The molecular weight excluding hydrogens is 243 g/mol. The molecule has 1 atom stereocenters. The summed E-state index contributed by atoms with van der Waals surface area (Å²) in [5.74, 6) is 0.0835. The van der Waals surface area contributed by atoms with Crippen LogP contribution in [0.3, 0.4) is 0 Å². The second-order valence-electron chi connectivity index (χ2n) is 3.55. The summed E-state index contributed by atoms with van der Waals surface area (Å²) in [5.41, 5.74) is 0.505. The Hall–Kier alpha value is -1.40. The summed E-state index contributed by atoms with van der Waals surface area (Å²) in [6.45, 7) is 3.27. The fourth-order valence-electron chi connectivity index (χ4n) is 1.35. The van der Waals surface area contributed by atoms with E-state index in [9.17, 15) is 9.50 Å². The molecule has 0 aliphatic carbocycles. The van der Waals surface area contributed by atoms with E-state index in [0.717, 1.165) is 0 Å². The molecule has 6 heteroatoms. The van der Waals surface area contributed by atoms with E-state index >= 15 is 0 Å². The smallest absolute Gasteiger partial charge is 0.281 e. The highest BCUT2D eigenvalue weighted by Gasteiger charge is 2.13. The Morgan fingerprint density at radius 2 is 2.18 bits per heavy atom. The van der Waals surface area contributed by atoms with Crippen molar-refractivity contribution in [1.82, 2.24) is 10.2 Å². The van der Waals surface area contributed by atoms with Gasteiger partial charge in [0.15, 0.2) is 0 Å². The van der Waals surface area contributed by atoms with Gasteiger partial charge in [-0.15, -0.1) is 10.2 Å². The van der Waals surface area contributed by atoms with Crippen molar-refractivity contribution in [1.29, 1.82) is 0 Å². The predicted octanol–water partition coefficient (Wildman–Crippen LogP) is 2.72. The predicted molar refractivity (Wildman–Crippen MR) is 60.2 cm³/mol. The van der Waals surface area contributed by atoms with Gasteiger partial charge in [-0.1, -0.05) is 0 Å². The number of nitrogens with zero attached hydrogens (tertiary/aromatic N) is 2. The van der Waals surface area contributed by atoms with Gasteiger partial charge < -0.3 is 9.52 Å². The molecule has 2 rings (SSSR count). The van der Waals surface area contributed by atoms with E-state index in [1.807, 2.05) is 0 Å². The van der Waals surface area contributed by atoms with Gasteiger partial charge >= 0.3 is 0 Å². The highest BCUT2D eigenvalue weighted by Crippen LogP contribution is 2.32. The Balaban J connectivity index is 2.32. The lowest BCUT2D eigenvalue weighted by Crippen LogP contribution is -1.95. The molecule has 1 N–H and O–H groups in total. The van der Waals surface area contributed by atoms with E-state index in [1.54, 1.807) is 19.9 Å². The Kier molecular flexibility index (Phi) is 3.44. The van der Waals surface area contributed by atoms with Crippen molar-refractivity contribution in [3.63, 3.8) is 0 Å². The number of halogens is 1. The molecule has 1 unspecified atom stereocenters. The molecule has 0 aliphatic rings. The van der Waals surface area contributed by atoms with Crippen LogP contribution in [0, 0.1) is 12.7 Å². The van der Waals surface area contributed by atoms with E-state index in [4.69, 9.17) is 4.42 Å². The number of aliphatic hydroxyl groups is 1. The summed E-state index contributed by atoms with van der Waals surface area (Å²) in [5, 5.41) is 17.5. The molecule has 0 fully saturated rings. The molecule has 2 aromatic rings. The topological polar surface area (TPSA) is 59.2 Å². The SMILES string of the molecule is Cc1nnc(Sc2ccc(F)cc2C(C)O)o1. The number of hydrogen-bond acceptors (Lipinski definition) is 5. The Labute approximate surface area is 102 Å². The van der Waals surface area contributed by atoms with Crippen molar-refractivity contribution in [3.8, 4) is 0 Å². The average Bonchev–Trinajstić information content (AvgIpc) is 2.66. The average molecular weight is 254 g/mol. The molecule has 1 aromatic heterocycles. The molecule has 0 amide bonds. The number of aliphatic hydroxyl groups excluding tert-OH is 1. The summed E-state index contributed by atoms with van der Waals surface area (Å²) in [6.07, 6.45) is -0.753. The van der Waals surface area contributed by atoms with Crippen LogP contribution in [-0.4, -0.2) is 15.3 Å². The first-order chi connectivity index (χ1) is 8.06. The highest BCUT2D eigenvalue weighted by molar-refractivity contribution is 7.99. The van der Waals surface area contributed by atoms with Gasteiger partial charge in [0.05, 0.1) is 6.10 Å². The van der Waals surface area contributed by atoms with Crippen LogP contribution < -0.4 is 0 Å². The third-order valence-electron chi connectivity index (χ3n) is 2.13. The minimum atomic E-state index is -0.753. The van der Waals surface area contributed by atoms with Gasteiger partial charge in [-0.2, -0.15) is 0 Å². The first kappa shape index (κ1) is 12.1. The van der Waals surface area contributed by atoms with Crippen LogP contribution >= 0.6 is 11.8 Å². The molecule has 0 spiro atoms. The monoisotopic (exact) mass is 254 g/mol. The van der Waals surface area contributed by atoms with Crippen LogP contribution in [0.5, 0.6) is 0 Å². The first-order valence-corrected chi connectivity index (χ1v) is 5.83. The minimum Gasteiger partial charge on any atom is -0.416 e. The van der Waals surface area contributed by atoms with Gasteiger partial charge in [-0.05, 0) is 42.4 Å². The van der Waals surface area contributed by atoms with Crippen LogP contribution in [0.1, 0.15) is 24.5 Å². The van der Waals surface area contributed by atoms with Gasteiger partial charge in [0.25, 0.3) is 5.22 Å². The van der Waals surface area contributed by atoms with Crippen LogP contribution in [-0.2, 0) is 0 Å². The quantitative estimate of drug-likeness (QED) is 0.912. The van der Waals surface area contributed by atoms with E-state index in [2.05, 4.69) is 10.2 Å². The number of benzene rings is 1. The van der Waals surface area contributed by atoms with Crippen LogP contribution in [0.15, 0.2) is 32.7 Å². The van der Waals surface area contributed by atoms with Crippen molar-refractivity contribution in [2.45, 2.75) is 30.1 Å². The second-order valence-corrected chi connectivity index (χ2v) is 4.54. The lowest BCUT2D eigenvalue weighted by Gasteiger charge is -2.09. The summed E-state index contributed by atoms with van der Waals surface area (Å²) in [7, 11) is 0. The fraction of sp³-hybridized carbons (Fsp3) is 0.273. The van der Waals surface area contributed by atoms with Crippen molar-refractivity contribution in [2.24, 2.45) is 0 Å². The van der Waals surface area contributed by atoms with E-state index in [1.165, 1.54) is 23.9 Å². The third kappa shape index (κ3) is 2.83. The van der Waals surface area contributed by atoms with Crippen LogP contribution in [0.4, 0.5) is 4.39 Å². The standard InChI is InChI=1S/C11H11FN2O2S/c1-6(15)9-5-8(12)3-4-10(9)17-11-14-13-7(2)16-11/h3-6,15H,1-2H3. The maximum Gasteiger partial charge on any atom is 0.281 e. The third-order valence-corrected chi connectivity index (χ3v) is 3.06. The second kappa shape index (κ2) is 4.85. The van der Waals surface area contributed by atoms with Crippen LogP contribution in [0.25, 0.3) is 0 Å². The zero-order valence-electron chi connectivity index (χ0n) is 9.35. The molecule has 0 saturated heterocycles. The fourth-order valence-corrected chi connectivity index (χ4v) is 2.27. The number of hydrogen-bond donors (Lipinski definition) is 1. The zero-order valence-corrected chi connectivity index (χ0v) is 10.2. The lowest BCUT2D eigenvalue weighted by atomic mass is 10.1. The largest absolute Gasteiger partial charge is 0.416 e. The minimum absolute atomic E-state index is 0.371. The summed E-state index contributed by atoms with van der Waals surface area (Å²) in [4.78, 5) is 0.699. The Morgan fingerprint density at radius 1 is 1.41 bits per heavy atom. The van der Waals surface area contributed by atoms with Crippen molar-refractivity contribution >= 4 is 11.8 Å². The van der Waals surface area contributed by atoms with Crippen LogP contribution in [0.2, 0.25) is 0 Å². The molecule has 0 radical (unpaired) electrons. The zero-order chi connectivity index (χ0) is 12.4. The Morgan fingerprint density at radius 3 is 2.76 bits per heavy atom. The number of aryl methyl sites for hydroxylation is 1. The maximum atomic E-state index is 13.1. The molecule has 0 bridgehead atoms. The first-order valence-electron chi connectivity index (χ1n) is 5.01. The van der Waals surface area contributed by atoms with Gasteiger partial charge in [0.1, 0.15) is 5.82 Å². The maximum absolute atomic E-state index is 13.1. The molecule has 0 saturated carbocycles. The van der Waals surface area contributed by atoms with Crippen molar-refractivity contribution in [2.75, 3.05) is 0 Å². The van der Waals surface area contributed by atoms with Gasteiger partial charge in [0, 0.05) is 11.8 Å². The summed E-state index contributed by atoms with van der Waals surface area (Å²) in [6, 6.07) is 4.22. The van der Waals surface area contributed by atoms with Crippen molar-refractivity contribution < 1.29 is 13.9 Å². The van der Waals surface area contributed by atoms with E-state index < -0.39 is 6.10 Å². The number of rotatable bonds is 3. The molecular formula is C11H11FN2O2S. The highest BCUT2D eigenvalue weighted by atomic mass is 32.2. The summed E-state index contributed by atoms with van der Waals surface area (Å²) >= 11 is 1.21. The molecule has 1 heterocycles. The van der Waals surface area contributed by atoms with E-state index in [-0.39, 0.29) is 5.82 Å². The lowest BCUT2D eigenvalue weighted by molar-refractivity contribution is 0.196. The normalized spacial score (nSPS) is 12.7. The van der Waals surface area contributed by atoms with Gasteiger partial charge in [-0.25, -0.2) is 4.39 Å².